The zero-order valence-corrected chi connectivity index (χ0v) is 21.9. The summed E-state index contributed by atoms with van der Waals surface area (Å²) in [4.78, 5) is 47.0. The van der Waals surface area contributed by atoms with E-state index in [1.54, 1.807) is 26.9 Å². The monoisotopic (exact) mass is 509 g/mol. The molecule has 3 fully saturated rings. The molecule has 3 aliphatic rings. The van der Waals surface area contributed by atoms with Crippen molar-refractivity contribution in [2.45, 2.75) is 63.4 Å². The molecule has 200 valence electrons. The molecule has 2 unspecified atom stereocenters. The van der Waals surface area contributed by atoms with Crippen LogP contribution in [0.4, 0.5) is 0 Å². The van der Waals surface area contributed by atoms with E-state index in [2.05, 4.69) is 13.2 Å². The van der Waals surface area contributed by atoms with E-state index in [1.807, 2.05) is 44.2 Å². The lowest BCUT2D eigenvalue weighted by Crippen LogP contribution is -2.57. The molecule has 1 N–H and O–H groups in total. The van der Waals surface area contributed by atoms with Crippen molar-refractivity contribution in [3.8, 4) is 0 Å². The van der Waals surface area contributed by atoms with Gasteiger partial charge in [0.25, 0.3) is 0 Å². The number of amides is 3. The van der Waals surface area contributed by atoms with Crippen LogP contribution in [0.3, 0.4) is 0 Å². The van der Waals surface area contributed by atoms with Crippen LogP contribution >= 0.6 is 0 Å². The van der Waals surface area contributed by atoms with Crippen LogP contribution in [0.5, 0.6) is 0 Å². The van der Waals surface area contributed by atoms with Gasteiger partial charge in [-0.25, -0.2) is 0 Å². The van der Waals surface area contributed by atoms with E-state index in [4.69, 9.17) is 4.74 Å². The van der Waals surface area contributed by atoms with Gasteiger partial charge in [0.2, 0.25) is 17.7 Å². The van der Waals surface area contributed by atoms with Crippen LogP contribution in [0.2, 0.25) is 0 Å². The average Bonchev–Trinajstić information content (AvgIpc) is 3.52. The van der Waals surface area contributed by atoms with Gasteiger partial charge < -0.3 is 24.5 Å². The van der Waals surface area contributed by atoms with Gasteiger partial charge >= 0.3 is 0 Å². The molecular formula is C29H39N3O5. The van der Waals surface area contributed by atoms with Crippen LogP contribution in [-0.4, -0.2) is 87.6 Å². The Morgan fingerprint density at radius 3 is 2.51 bits per heavy atom. The highest BCUT2D eigenvalue weighted by molar-refractivity contribution is 5.99. The largest absolute Gasteiger partial charge is 0.396 e. The molecule has 3 heterocycles. The summed E-state index contributed by atoms with van der Waals surface area (Å²) in [6.07, 6.45) is 4.47. The third kappa shape index (κ3) is 4.73. The topological polar surface area (TPSA) is 90.4 Å². The smallest absolute Gasteiger partial charge is 0.248 e. The maximum absolute atomic E-state index is 14.0. The predicted octanol–water partition coefficient (Wildman–Crippen LogP) is 2.38. The molecule has 1 spiro atoms. The van der Waals surface area contributed by atoms with Gasteiger partial charge in [0, 0.05) is 38.8 Å². The minimum Gasteiger partial charge on any atom is -0.396 e. The van der Waals surface area contributed by atoms with Gasteiger partial charge in [0.05, 0.1) is 17.9 Å². The average molecular weight is 510 g/mol. The predicted molar refractivity (Wildman–Crippen MR) is 140 cm³/mol. The van der Waals surface area contributed by atoms with Crippen molar-refractivity contribution < 1.29 is 24.2 Å². The molecule has 4 rings (SSSR count). The summed E-state index contributed by atoms with van der Waals surface area (Å²) in [5.41, 5.74) is -0.0564. The molecule has 8 heteroatoms. The third-order valence-corrected chi connectivity index (χ3v) is 7.99. The Bertz CT molecular complexity index is 1030. The molecule has 0 radical (unpaired) electrons. The number of carbonyl (C=O) groups excluding carboxylic acids is 3. The number of benzene rings is 1. The summed E-state index contributed by atoms with van der Waals surface area (Å²) in [5, 5.41) is 9.52. The van der Waals surface area contributed by atoms with Gasteiger partial charge in [0.15, 0.2) is 0 Å². The molecule has 1 aromatic carbocycles. The van der Waals surface area contributed by atoms with Crippen molar-refractivity contribution in [2.75, 3.05) is 26.2 Å². The molecule has 0 aliphatic carbocycles. The standard InChI is InChI=1S/C29H39N3O5/c1-5-15-30(19-21-11-8-7-9-12-21)26(34)23-22-13-14-29(37-22)24(23)27(35)32(17-10-18-33)25(29)28(36)31(16-6-2)20(3)4/h5-9,11-12,20,22-25,33H,1-2,10,13-19H2,3-4H3/t22-,23+,24+,25?,29?/m1/s1. The normalized spacial score (nSPS) is 27.9. The fourth-order valence-electron chi connectivity index (χ4n) is 6.45. The van der Waals surface area contributed by atoms with E-state index < -0.39 is 29.6 Å². The second-order valence-corrected chi connectivity index (χ2v) is 10.5. The Morgan fingerprint density at radius 1 is 1.19 bits per heavy atom. The van der Waals surface area contributed by atoms with Crippen molar-refractivity contribution in [3.63, 3.8) is 0 Å². The second kappa shape index (κ2) is 11.2. The van der Waals surface area contributed by atoms with E-state index in [9.17, 15) is 19.5 Å². The van der Waals surface area contributed by atoms with E-state index in [1.165, 1.54) is 0 Å². The first-order chi connectivity index (χ1) is 17.8. The Hall–Kier alpha value is -2.97. The Kier molecular flexibility index (Phi) is 8.19. The molecule has 0 aromatic heterocycles. The first kappa shape index (κ1) is 27.1. The molecule has 37 heavy (non-hydrogen) atoms. The number of fused-ring (bicyclic) bond motifs is 1. The molecule has 8 nitrogen and oxygen atoms in total. The van der Waals surface area contributed by atoms with Gasteiger partial charge in [-0.05, 0) is 38.7 Å². The zero-order valence-electron chi connectivity index (χ0n) is 21.9. The number of aliphatic hydroxyl groups excluding tert-OH is 1. The SMILES string of the molecule is C=CCN(Cc1ccccc1)C(=O)[C@@H]1[C@H]2C(=O)N(CCCO)C(C(=O)N(CC=C)C(C)C)C23CC[C@H]1O3. The fraction of sp³-hybridized carbons (Fsp3) is 0.552. The Labute approximate surface area is 219 Å². The third-order valence-electron chi connectivity index (χ3n) is 7.99. The number of hydrogen-bond acceptors (Lipinski definition) is 5. The molecule has 5 atom stereocenters. The van der Waals surface area contributed by atoms with E-state index in [0.29, 0.717) is 38.9 Å². The molecule has 2 bridgehead atoms. The fourth-order valence-corrected chi connectivity index (χ4v) is 6.45. The number of rotatable bonds is 12. The Balaban J connectivity index is 1.69. The van der Waals surface area contributed by atoms with Crippen LogP contribution in [-0.2, 0) is 25.7 Å². The number of hydrogen-bond donors (Lipinski definition) is 1. The minimum atomic E-state index is -1.05. The van der Waals surface area contributed by atoms with Gasteiger partial charge in [-0.2, -0.15) is 0 Å². The van der Waals surface area contributed by atoms with Crippen molar-refractivity contribution in [1.29, 1.82) is 0 Å². The number of ether oxygens (including phenoxy) is 1. The maximum atomic E-state index is 14.0. The maximum Gasteiger partial charge on any atom is 0.248 e. The van der Waals surface area contributed by atoms with E-state index >= 15 is 0 Å². The highest BCUT2D eigenvalue weighted by atomic mass is 16.5. The van der Waals surface area contributed by atoms with Crippen molar-refractivity contribution in [2.24, 2.45) is 11.8 Å². The van der Waals surface area contributed by atoms with Gasteiger partial charge in [-0.3, -0.25) is 14.4 Å². The summed E-state index contributed by atoms with van der Waals surface area (Å²) in [6, 6.07) is 8.80. The van der Waals surface area contributed by atoms with Crippen LogP contribution in [0, 0.1) is 11.8 Å². The van der Waals surface area contributed by atoms with Gasteiger partial charge in [-0.15, -0.1) is 13.2 Å². The van der Waals surface area contributed by atoms with Crippen molar-refractivity contribution in [3.05, 3.63) is 61.2 Å². The summed E-state index contributed by atoms with van der Waals surface area (Å²) < 4.78 is 6.55. The lowest BCUT2D eigenvalue weighted by Gasteiger charge is -2.38. The molecular weight excluding hydrogens is 470 g/mol. The first-order valence-electron chi connectivity index (χ1n) is 13.2. The van der Waals surface area contributed by atoms with Crippen LogP contribution in [0.1, 0.15) is 38.7 Å². The number of likely N-dealkylation sites (tertiary alicyclic amines) is 1. The molecule has 3 amide bonds. The van der Waals surface area contributed by atoms with Crippen LogP contribution < -0.4 is 0 Å². The quantitative estimate of drug-likeness (QED) is 0.437. The molecule has 3 aliphatic heterocycles. The Morgan fingerprint density at radius 2 is 1.89 bits per heavy atom. The number of nitrogens with zero attached hydrogens (tertiary/aromatic N) is 3. The van der Waals surface area contributed by atoms with Gasteiger partial charge in [-0.1, -0.05) is 42.5 Å². The van der Waals surface area contributed by atoms with Crippen LogP contribution in [0.25, 0.3) is 0 Å². The van der Waals surface area contributed by atoms with E-state index in [-0.39, 0.29) is 36.9 Å². The van der Waals surface area contributed by atoms with Gasteiger partial charge in [0.1, 0.15) is 11.6 Å². The lowest BCUT2D eigenvalue weighted by atomic mass is 9.70. The second-order valence-electron chi connectivity index (χ2n) is 10.5. The molecule has 1 aromatic rings. The highest BCUT2D eigenvalue weighted by Crippen LogP contribution is 2.59. The highest BCUT2D eigenvalue weighted by Gasteiger charge is 2.74. The summed E-state index contributed by atoms with van der Waals surface area (Å²) in [6.45, 7) is 12.7. The number of carbonyl (C=O) groups is 3. The molecule has 3 saturated heterocycles. The summed E-state index contributed by atoms with van der Waals surface area (Å²) >= 11 is 0. The van der Waals surface area contributed by atoms with Crippen molar-refractivity contribution in [1.82, 2.24) is 14.7 Å². The lowest BCUT2D eigenvalue weighted by molar-refractivity contribution is -0.149. The number of aliphatic hydroxyl groups is 1. The summed E-state index contributed by atoms with van der Waals surface area (Å²) in [7, 11) is 0. The van der Waals surface area contributed by atoms with Crippen LogP contribution in [0.15, 0.2) is 55.6 Å². The summed E-state index contributed by atoms with van der Waals surface area (Å²) in [5.74, 6) is -1.95. The van der Waals surface area contributed by atoms with Crippen molar-refractivity contribution >= 4 is 17.7 Å². The first-order valence-corrected chi connectivity index (χ1v) is 13.2. The zero-order chi connectivity index (χ0) is 26.7. The van der Waals surface area contributed by atoms with E-state index in [0.717, 1.165) is 5.56 Å². The minimum absolute atomic E-state index is 0.0965. The molecule has 0 saturated carbocycles.